The SMILES string of the molecule is C.C#Cc1ccncc1.COc1cccc(Br)c1.COc1cccc(C#Cc2ccncc2)c1. The van der Waals surface area contributed by atoms with Gasteiger partial charge in [-0.25, -0.2) is 0 Å². The number of pyridine rings is 2. The molecule has 0 saturated heterocycles. The summed E-state index contributed by atoms with van der Waals surface area (Å²) in [5.41, 5.74) is 2.77. The number of hydrogen-bond acceptors (Lipinski definition) is 4. The van der Waals surface area contributed by atoms with E-state index in [-0.39, 0.29) is 7.43 Å². The Hall–Kier alpha value is -4.06. The summed E-state index contributed by atoms with van der Waals surface area (Å²) in [6, 6.07) is 22.8. The molecule has 0 aliphatic rings. The number of benzene rings is 2. The minimum atomic E-state index is 0. The molecule has 0 N–H and O–H groups in total. The zero-order valence-electron chi connectivity index (χ0n) is 18.4. The van der Waals surface area contributed by atoms with Crippen molar-refractivity contribution in [3.63, 3.8) is 0 Å². The molecule has 0 bridgehead atoms. The van der Waals surface area contributed by atoms with Gasteiger partial charge in [0.2, 0.25) is 0 Å². The Morgan fingerprint density at radius 1 is 0.676 bits per heavy atom. The van der Waals surface area contributed by atoms with E-state index in [1.807, 2.05) is 60.7 Å². The highest BCUT2D eigenvalue weighted by atomic mass is 79.9. The molecule has 2 aromatic heterocycles. The Kier molecular flexibility index (Phi) is 13.6. The molecule has 0 spiro atoms. The molecular formula is C29H27BrN2O2. The highest BCUT2D eigenvalue weighted by Crippen LogP contribution is 2.16. The van der Waals surface area contributed by atoms with Crippen molar-refractivity contribution >= 4 is 15.9 Å². The van der Waals surface area contributed by atoms with Gasteiger partial charge in [0, 0.05) is 46.0 Å². The van der Waals surface area contributed by atoms with E-state index in [9.17, 15) is 0 Å². The average Bonchev–Trinajstić information content (AvgIpc) is 2.89. The highest BCUT2D eigenvalue weighted by Gasteiger charge is 1.91. The van der Waals surface area contributed by atoms with E-state index >= 15 is 0 Å². The summed E-state index contributed by atoms with van der Waals surface area (Å²) < 4.78 is 11.1. The van der Waals surface area contributed by atoms with Gasteiger partial charge >= 0.3 is 0 Å². The lowest BCUT2D eigenvalue weighted by molar-refractivity contribution is 0.414. The van der Waals surface area contributed by atoms with Crippen LogP contribution in [0.5, 0.6) is 11.5 Å². The van der Waals surface area contributed by atoms with Crippen molar-refractivity contribution in [2.24, 2.45) is 0 Å². The van der Waals surface area contributed by atoms with Crippen LogP contribution in [-0.2, 0) is 0 Å². The van der Waals surface area contributed by atoms with Gasteiger partial charge in [0.05, 0.1) is 14.2 Å². The Morgan fingerprint density at radius 2 is 1.18 bits per heavy atom. The molecule has 0 aliphatic carbocycles. The average molecular weight is 515 g/mol. The molecule has 4 aromatic rings. The van der Waals surface area contributed by atoms with Gasteiger partial charge in [0.25, 0.3) is 0 Å². The summed E-state index contributed by atoms with van der Waals surface area (Å²) in [7, 11) is 3.30. The monoisotopic (exact) mass is 514 g/mol. The number of hydrogen-bond donors (Lipinski definition) is 0. The van der Waals surface area contributed by atoms with Gasteiger partial charge in [-0.05, 0) is 60.7 Å². The van der Waals surface area contributed by atoms with E-state index in [0.29, 0.717) is 0 Å². The Morgan fingerprint density at radius 3 is 1.65 bits per heavy atom. The number of methoxy groups -OCH3 is 2. The van der Waals surface area contributed by atoms with Crippen LogP contribution in [0.25, 0.3) is 0 Å². The molecule has 5 heteroatoms. The third-order valence-corrected chi connectivity index (χ3v) is 4.47. The van der Waals surface area contributed by atoms with Crippen molar-refractivity contribution in [2.75, 3.05) is 14.2 Å². The number of nitrogens with zero attached hydrogens (tertiary/aromatic N) is 2. The normalized spacial score (nSPS) is 8.53. The minimum absolute atomic E-state index is 0. The Bertz CT molecular complexity index is 1210. The first-order valence-electron chi connectivity index (χ1n) is 9.87. The molecule has 0 saturated carbocycles. The van der Waals surface area contributed by atoms with E-state index in [4.69, 9.17) is 15.9 Å². The van der Waals surface area contributed by atoms with Crippen LogP contribution in [0.15, 0.2) is 102 Å². The first-order chi connectivity index (χ1) is 16.1. The van der Waals surface area contributed by atoms with E-state index in [1.54, 1.807) is 51.1 Å². The first-order valence-corrected chi connectivity index (χ1v) is 10.7. The smallest absolute Gasteiger partial charge is 0.120 e. The third-order valence-electron chi connectivity index (χ3n) is 3.98. The van der Waals surface area contributed by atoms with Crippen molar-refractivity contribution < 1.29 is 9.47 Å². The fourth-order valence-corrected chi connectivity index (χ4v) is 2.70. The number of halogens is 1. The van der Waals surface area contributed by atoms with Crippen LogP contribution in [0.1, 0.15) is 24.1 Å². The molecule has 2 aromatic carbocycles. The van der Waals surface area contributed by atoms with Crippen LogP contribution in [-0.4, -0.2) is 24.2 Å². The lowest BCUT2D eigenvalue weighted by atomic mass is 10.2. The van der Waals surface area contributed by atoms with Crippen molar-refractivity contribution in [1.29, 1.82) is 0 Å². The van der Waals surface area contributed by atoms with Crippen molar-refractivity contribution in [1.82, 2.24) is 9.97 Å². The Balaban J connectivity index is 0.000000274. The molecule has 172 valence electrons. The summed E-state index contributed by atoms with van der Waals surface area (Å²) in [6.45, 7) is 0. The van der Waals surface area contributed by atoms with Crippen molar-refractivity contribution in [3.05, 3.63) is 119 Å². The summed E-state index contributed by atoms with van der Waals surface area (Å²) in [6.07, 6.45) is 11.9. The number of ether oxygens (including phenoxy) is 2. The summed E-state index contributed by atoms with van der Waals surface area (Å²) >= 11 is 3.32. The fourth-order valence-electron chi connectivity index (χ4n) is 2.32. The van der Waals surface area contributed by atoms with Gasteiger partial charge in [-0.2, -0.15) is 0 Å². The first kappa shape index (κ1) is 28.0. The second-order valence-electron chi connectivity index (χ2n) is 6.26. The molecule has 4 rings (SSSR count). The summed E-state index contributed by atoms with van der Waals surface area (Å²) in [5, 5.41) is 0. The summed E-state index contributed by atoms with van der Waals surface area (Å²) in [5.74, 6) is 10.3. The maximum absolute atomic E-state index is 5.13. The van der Waals surface area contributed by atoms with Crippen LogP contribution >= 0.6 is 15.9 Å². The standard InChI is InChI=1S/C14H11NO.C7H7BrO.C7H5N.CH4/c1-16-14-4-2-3-13(11-14)6-5-12-7-9-15-10-8-12;1-9-7-4-2-3-6(8)5-7;1-2-7-3-5-8-6-4-7;/h2-4,7-11H,1H3;2-5H,1H3;1,3-6H;1H4. The van der Waals surface area contributed by atoms with Gasteiger partial charge in [-0.15, -0.1) is 6.42 Å². The lowest BCUT2D eigenvalue weighted by Gasteiger charge is -1.98. The number of aromatic nitrogens is 2. The number of terminal acetylenes is 1. The fraction of sp³-hybridized carbons (Fsp3) is 0.103. The molecule has 0 atom stereocenters. The van der Waals surface area contributed by atoms with E-state index < -0.39 is 0 Å². The molecule has 0 aliphatic heterocycles. The van der Waals surface area contributed by atoms with Gasteiger partial charge in [-0.1, -0.05) is 53.3 Å². The van der Waals surface area contributed by atoms with Crippen molar-refractivity contribution in [3.8, 4) is 35.7 Å². The third kappa shape index (κ3) is 11.0. The maximum atomic E-state index is 5.13. The highest BCUT2D eigenvalue weighted by molar-refractivity contribution is 9.10. The molecule has 0 fully saturated rings. The van der Waals surface area contributed by atoms with Gasteiger partial charge < -0.3 is 9.47 Å². The molecule has 0 radical (unpaired) electrons. The predicted octanol–water partition coefficient (Wildman–Crippen LogP) is 6.65. The zero-order valence-corrected chi connectivity index (χ0v) is 20.0. The maximum Gasteiger partial charge on any atom is 0.120 e. The molecule has 0 amide bonds. The van der Waals surface area contributed by atoms with Crippen molar-refractivity contribution in [2.45, 2.75) is 7.43 Å². The van der Waals surface area contributed by atoms with Gasteiger partial charge in [-0.3, -0.25) is 9.97 Å². The minimum Gasteiger partial charge on any atom is -0.497 e. The predicted molar refractivity (Wildman–Crippen MR) is 143 cm³/mol. The van der Waals surface area contributed by atoms with Crippen LogP contribution < -0.4 is 9.47 Å². The molecule has 2 heterocycles. The molecule has 34 heavy (non-hydrogen) atoms. The van der Waals surface area contributed by atoms with Crippen LogP contribution in [0, 0.1) is 24.2 Å². The van der Waals surface area contributed by atoms with Crippen LogP contribution in [0.4, 0.5) is 0 Å². The number of rotatable bonds is 2. The molecular weight excluding hydrogens is 488 g/mol. The van der Waals surface area contributed by atoms with Crippen LogP contribution in [0.3, 0.4) is 0 Å². The van der Waals surface area contributed by atoms with Gasteiger partial charge in [0.1, 0.15) is 11.5 Å². The summed E-state index contributed by atoms with van der Waals surface area (Å²) in [4.78, 5) is 7.74. The van der Waals surface area contributed by atoms with E-state index in [0.717, 1.165) is 32.7 Å². The van der Waals surface area contributed by atoms with E-state index in [1.165, 1.54) is 0 Å². The topological polar surface area (TPSA) is 44.2 Å². The Labute approximate surface area is 211 Å². The molecule has 0 unspecified atom stereocenters. The lowest BCUT2D eigenvalue weighted by Crippen LogP contribution is -1.83. The zero-order chi connectivity index (χ0) is 23.7. The second-order valence-corrected chi connectivity index (χ2v) is 7.18. The van der Waals surface area contributed by atoms with Gasteiger partial charge in [0.15, 0.2) is 0 Å². The molecule has 4 nitrogen and oxygen atoms in total. The quantitative estimate of drug-likeness (QED) is 0.281. The van der Waals surface area contributed by atoms with Crippen LogP contribution in [0.2, 0.25) is 0 Å². The van der Waals surface area contributed by atoms with E-state index in [2.05, 4.69) is 43.7 Å². The largest absolute Gasteiger partial charge is 0.497 e. The second kappa shape index (κ2) is 16.6.